The molecule has 1 saturated heterocycles. The van der Waals surface area contributed by atoms with Crippen molar-refractivity contribution in [2.75, 3.05) is 18.8 Å². The number of hydrogen-bond acceptors (Lipinski definition) is 5. The largest absolute Gasteiger partial charge is 0.467 e. The van der Waals surface area contributed by atoms with Crippen LogP contribution in [0.25, 0.3) is 0 Å². The van der Waals surface area contributed by atoms with Crippen LogP contribution < -0.4 is 10.6 Å². The normalized spacial score (nSPS) is 13.3. The molecular formula is C27H29N3O4S. The van der Waals surface area contributed by atoms with Crippen LogP contribution in [0.1, 0.15) is 51.3 Å². The van der Waals surface area contributed by atoms with E-state index in [1.165, 1.54) is 18.2 Å². The van der Waals surface area contributed by atoms with Crippen molar-refractivity contribution in [3.63, 3.8) is 0 Å². The van der Waals surface area contributed by atoms with Gasteiger partial charge in [0.15, 0.2) is 0 Å². The molecule has 3 amide bonds. The van der Waals surface area contributed by atoms with Crippen LogP contribution in [-0.4, -0.2) is 41.5 Å². The van der Waals surface area contributed by atoms with E-state index in [1.54, 1.807) is 30.5 Å². The lowest BCUT2D eigenvalue weighted by atomic mass is 10.1. The van der Waals surface area contributed by atoms with Gasteiger partial charge in [0.05, 0.1) is 24.1 Å². The van der Waals surface area contributed by atoms with Crippen LogP contribution in [-0.2, 0) is 17.9 Å². The maximum Gasteiger partial charge on any atom is 0.253 e. The predicted octanol–water partition coefficient (Wildman–Crippen LogP) is 4.24. The first-order chi connectivity index (χ1) is 17.1. The van der Waals surface area contributed by atoms with Crippen LogP contribution in [0.4, 0.5) is 0 Å². The van der Waals surface area contributed by atoms with Gasteiger partial charge in [-0.3, -0.25) is 14.4 Å². The highest BCUT2D eigenvalue weighted by Crippen LogP contribution is 2.23. The Balaban J connectivity index is 1.28. The minimum atomic E-state index is -0.211. The Morgan fingerprint density at radius 1 is 0.857 bits per heavy atom. The number of thioether (sulfide) groups is 1. The van der Waals surface area contributed by atoms with Crippen LogP contribution in [0.2, 0.25) is 0 Å². The molecule has 0 aliphatic carbocycles. The molecule has 0 bridgehead atoms. The van der Waals surface area contributed by atoms with Crippen molar-refractivity contribution in [3.8, 4) is 0 Å². The van der Waals surface area contributed by atoms with E-state index in [1.807, 2.05) is 41.3 Å². The minimum absolute atomic E-state index is 0.0689. The van der Waals surface area contributed by atoms with E-state index in [0.717, 1.165) is 36.4 Å². The number of hydrogen-bond donors (Lipinski definition) is 2. The minimum Gasteiger partial charge on any atom is -0.467 e. The second-order valence-electron chi connectivity index (χ2n) is 8.37. The van der Waals surface area contributed by atoms with Gasteiger partial charge in [0.25, 0.3) is 11.8 Å². The molecule has 2 N–H and O–H groups in total. The van der Waals surface area contributed by atoms with E-state index in [0.29, 0.717) is 30.0 Å². The molecule has 4 rings (SSSR count). The topological polar surface area (TPSA) is 91.7 Å². The molecule has 1 fully saturated rings. The molecule has 182 valence electrons. The van der Waals surface area contributed by atoms with Gasteiger partial charge in [0.1, 0.15) is 5.76 Å². The molecule has 35 heavy (non-hydrogen) atoms. The second-order valence-corrected chi connectivity index (χ2v) is 9.39. The number of carbonyl (C=O) groups excluding carboxylic acids is 3. The lowest BCUT2D eigenvalue weighted by Crippen LogP contribution is -2.35. The van der Waals surface area contributed by atoms with Crippen molar-refractivity contribution >= 4 is 29.5 Å². The third-order valence-corrected chi connectivity index (χ3v) is 6.90. The van der Waals surface area contributed by atoms with Crippen LogP contribution in [0.15, 0.2) is 76.2 Å². The highest BCUT2D eigenvalue weighted by molar-refractivity contribution is 8.00. The summed E-state index contributed by atoms with van der Waals surface area (Å²) in [7, 11) is 0. The Morgan fingerprint density at radius 2 is 1.63 bits per heavy atom. The first kappa shape index (κ1) is 24.6. The quantitative estimate of drug-likeness (QED) is 0.437. The fourth-order valence-corrected chi connectivity index (χ4v) is 4.78. The standard InChI is InChI=1S/C27H29N3O4S/c31-25(28-18-22-7-6-16-34-22)19-35-24-9-3-2-8-23(24)26(32)29-17-20-10-12-21(13-11-20)27(33)30-14-4-1-5-15-30/h2-3,6-13,16H,1,4-5,14-15,17-19H2,(H,28,31)(H,29,32). The number of benzene rings is 2. The highest BCUT2D eigenvalue weighted by Gasteiger charge is 2.18. The van der Waals surface area contributed by atoms with E-state index >= 15 is 0 Å². The van der Waals surface area contributed by atoms with Crippen molar-refractivity contribution < 1.29 is 18.8 Å². The predicted molar refractivity (Wildman–Crippen MR) is 135 cm³/mol. The first-order valence-electron chi connectivity index (χ1n) is 11.8. The second kappa shape index (κ2) is 12.3. The van der Waals surface area contributed by atoms with Gasteiger partial charge in [-0.1, -0.05) is 24.3 Å². The summed E-state index contributed by atoms with van der Waals surface area (Å²) >= 11 is 1.32. The van der Waals surface area contributed by atoms with Gasteiger partial charge in [-0.2, -0.15) is 0 Å². The Labute approximate surface area is 209 Å². The van der Waals surface area contributed by atoms with Gasteiger partial charge in [0, 0.05) is 30.1 Å². The van der Waals surface area contributed by atoms with Gasteiger partial charge in [0.2, 0.25) is 5.91 Å². The third kappa shape index (κ3) is 6.99. The zero-order valence-corrected chi connectivity index (χ0v) is 20.3. The Bertz CT molecular complexity index is 1140. The molecule has 1 aliphatic heterocycles. The molecule has 3 aromatic rings. The smallest absolute Gasteiger partial charge is 0.253 e. The summed E-state index contributed by atoms with van der Waals surface area (Å²) in [5.41, 5.74) is 2.11. The van der Waals surface area contributed by atoms with Crippen LogP contribution in [0, 0.1) is 0 Å². The van der Waals surface area contributed by atoms with E-state index < -0.39 is 0 Å². The SMILES string of the molecule is O=C(CSc1ccccc1C(=O)NCc1ccc(C(=O)N2CCCCC2)cc1)NCc1ccco1. The Morgan fingerprint density at radius 3 is 2.37 bits per heavy atom. The zero-order valence-electron chi connectivity index (χ0n) is 19.5. The number of rotatable bonds is 9. The molecule has 0 saturated carbocycles. The lowest BCUT2D eigenvalue weighted by molar-refractivity contribution is -0.118. The molecule has 8 heteroatoms. The summed E-state index contributed by atoms with van der Waals surface area (Å²) in [6.45, 7) is 2.32. The molecule has 1 aromatic heterocycles. The van der Waals surface area contributed by atoms with Crippen LogP contribution in [0.3, 0.4) is 0 Å². The summed E-state index contributed by atoms with van der Waals surface area (Å²) in [5.74, 6) is 0.599. The van der Waals surface area contributed by atoms with Crippen molar-refractivity contribution in [2.24, 2.45) is 0 Å². The zero-order chi connectivity index (χ0) is 24.5. The van der Waals surface area contributed by atoms with Gasteiger partial charge in [-0.05, 0) is 61.2 Å². The number of amides is 3. The number of furan rings is 1. The lowest BCUT2D eigenvalue weighted by Gasteiger charge is -2.26. The fraction of sp³-hybridized carbons (Fsp3) is 0.296. The molecule has 0 unspecified atom stereocenters. The fourth-order valence-electron chi connectivity index (χ4n) is 3.90. The van der Waals surface area contributed by atoms with Crippen LogP contribution in [0.5, 0.6) is 0 Å². The van der Waals surface area contributed by atoms with E-state index in [9.17, 15) is 14.4 Å². The molecule has 0 radical (unpaired) electrons. The van der Waals surface area contributed by atoms with E-state index in [-0.39, 0.29) is 23.5 Å². The number of likely N-dealkylation sites (tertiary alicyclic amines) is 1. The maximum atomic E-state index is 12.8. The molecule has 2 heterocycles. The molecule has 1 aliphatic rings. The average molecular weight is 492 g/mol. The average Bonchev–Trinajstić information content (AvgIpc) is 3.44. The molecule has 2 aromatic carbocycles. The summed E-state index contributed by atoms with van der Waals surface area (Å²) in [5, 5.41) is 5.74. The Hall–Kier alpha value is -3.52. The summed E-state index contributed by atoms with van der Waals surface area (Å²) in [6, 6.07) is 18.2. The van der Waals surface area contributed by atoms with E-state index in [2.05, 4.69) is 10.6 Å². The van der Waals surface area contributed by atoms with Crippen LogP contribution >= 0.6 is 11.8 Å². The van der Waals surface area contributed by atoms with Crippen molar-refractivity contribution in [1.82, 2.24) is 15.5 Å². The third-order valence-electron chi connectivity index (χ3n) is 5.83. The van der Waals surface area contributed by atoms with Crippen molar-refractivity contribution in [1.29, 1.82) is 0 Å². The number of nitrogens with one attached hydrogen (secondary N) is 2. The van der Waals surface area contributed by atoms with Gasteiger partial charge < -0.3 is 20.0 Å². The molecule has 0 spiro atoms. The number of carbonyl (C=O) groups is 3. The highest BCUT2D eigenvalue weighted by atomic mass is 32.2. The van der Waals surface area contributed by atoms with Crippen molar-refractivity contribution in [3.05, 3.63) is 89.4 Å². The van der Waals surface area contributed by atoms with Crippen molar-refractivity contribution in [2.45, 2.75) is 37.2 Å². The maximum absolute atomic E-state index is 12.8. The van der Waals surface area contributed by atoms with Gasteiger partial charge >= 0.3 is 0 Å². The molecule has 0 atom stereocenters. The summed E-state index contributed by atoms with van der Waals surface area (Å²) < 4.78 is 5.21. The molecular weight excluding hydrogens is 462 g/mol. The van der Waals surface area contributed by atoms with E-state index in [4.69, 9.17) is 4.42 Å². The monoisotopic (exact) mass is 491 g/mol. The number of nitrogens with zero attached hydrogens (tertiary/aromatic N) is 1. The van der Waals surface area contributed by atoms with Gasteiger partial charge in [-0.15, -0.1) is 11.8 Å². The molecule has 7 nitrogen and oxygen atoms in total. The first-order valence-corrected chi connectivity index (χ1v) is 12.8. The summed E-state index contributed by atoms with van der Waals surface area (Å²) in [4.78, 5) is 40.3. The van der Waals surface area contributed by atoms with Gasteiger partial charge in [-0.25, -0.2) is 0 Å². The summed E-state index contributed by atoms with van der Waals surface area (Å²) in [6.07, 6.45) is 4.87. The Kier molecular flexibility index (Phi) is 8.62. The number of piperidine rings is 1.